The van der Waals surface area contributed by atoms with Gasteiger partial charge in [-0.2, -0.15) is 5.10 Å². The predicted molar refractivity (Wildman–Crippen MR) is 50.0 cm³/mol. The normalized spacial score (nSPS) is 10.5. The summed E-state index contributed by atoms with van der Waals surface area (Å²) >= 11 is 4.99. The van der Waals surface area contributed by atoms with Crippen LogP contribution in [0.15, 0.2) is 22.9 Å². The van der Waals surface area contributed by atoms with E-state index in [1.54, 1.807) is 6.33 Å². The van der Waals surface area contributed by atoms with Crippen LogP contribution in [0.5, 0.6) is 0 Å². The van der Waals surface area contributed by atoms with Crippen LogP contribution in [0.25, 0.3) is 0 Å². The van der Waals surface area contributed by atoms with Crippen LogP contribution in [0.1, 0.15) is 11.5 Å². The third kappa shape index (κ3) is 1.70. The topological polar surface area (TPSA) is 46.8 Å². The summed E-state index contributed by atoms with van der Waals surface area (Å²) in [5.74, 6) is 1.79. The van der Waals surface area contributed by atoms with Crippen molar-refractivity contribution in [3.8, 4) is 0 Å². The maximum Gasteiger partial charge on any atom is 0.195 e. The van der Waals surface area contributed by atoms with E-state index >= 15 is 0 Å². The van der Waals surface area contributed by atoms with Gasteiger partial charge < -0.3 is 4.42 Å². The molecule has 2 aromatic rings. The summed E-state index contributed by atoms with van der Waals surface area (Å²) < 4.78 is 7.82. The SMILES string of the molecule is Cc1ccc(Cn2cn[nH]c2=S)o1. The molecule has 0 amide bonds. The Labute approximate surface area is 80.2 Å². The molecule has 0 unspecified atom stereocenters. The third-order valence-corrected chi connectivity index (χ3v) is 2.07. The van der Waals surface area contributed by atoms with E-state index in [-0.39, 0.29) is 0 Å². The van der Waals surface area contributed by atoms with Gasteiger partial charge in [0.25, 0.3) is 0 Å². The summed E-state index contributed by atoms with van der Waals surface area (Å²) in [6.45, 7) is 2.54. The van der Waals surface area contributed by atoms with Gasteiger partial charge in [0.1, 0.15) is 17.8 Å². The molecule has 0 aliphatic carbocycles. The van der Waals surface area contributed by atoms with Gasteiger partial charge in [-0.3, -0.25) is 9.67 Å². The zero-order valence-corrected chi connectivity index (χ0v) is 7.97. The second-order valence-electron chi connectivity index (χ2n) is 2.80. The lowest BCUT2D eigenvalue weighted by atomic mass is 10.4. The van der Waals surface area contributed by atoms with Crippen LogP contribution >= 0.6 is 12.2 Å². The molecule has 2 rings (SSSR count). The molecule has 1 N–H and O–H groups in total. The van der Waals surface area contributed by atoms with Crippen LogP contribution in [0.3, 0.4) is 0 Å². The van der Waals surface area contributed by atoms with Crippen LogP contribution in [-0.4, -0.2) is 14.8 Å². The Kier molecular flexibility index (Phi) is 2.02. The second-order valence-corrected chi connectivity index (χ2v) is 3.19. The zero-order chi connectivity index (χ0) is 9.26. The first-order valence-corrected chi connectivity index (χ1v) is 4.31. The molecule has 0 radical (unpaired) electrons. The van der Waals surface area contributed by atoms with E-state index in [0.29, 0.717) is 11.3 Å². The molecule has 0 saturated heterocycles. The summed E-state index contributed by atoms with van der Waals surface area (Å²) in [5.41, 5.74) is 0. The van der Waals surface area contributed by atoms with Gasteiger partial charge in [0.2, 0.25) is 0 Å². The van der Waals surface area contributed by atoms with Crippen molar-refractivity contribution in [3.05, 3.63) is 34.8 Å². The molecule has 13 heavy (non-hydrogen) atoms. The molecule has 4 nitrogen and oxygen atoms in total. The van der Waals surface area contributed by atoms with E-state index in [9.17, 15) is 0 Å². The van der Waals surface area contributed by atoms with Crippen LogP contribution in [0.4, 0.5) is 0 Å². The number of H-pyrrole nitrogens is 1. The van der Waals surface area contributed by atoms with E-state index in [2.05, 4.69) is 10.2 Å². The number of hydrogen-bond acceptors (Lipinski definition) is 3. The van der Waals surface area contributed by atoms with E-state index in [1.807, 2.05) is 23.6 Å². The maximum absolute atomic E-state index is 5.40. The van der Waals surface area contributed by atoms with Crippen molar-refractivity contribution in [3.63, 3.8) is 0 Å². The maximum atomic E-state index is 5.40. The van der Waals surface area contributed by atoms with Crippen LogP contribution in [0, 0.1) is 11.7 Å². The van der Waals surface area contributed by atoms with Gasteiger partial charge >= 0.3 is 0 Å². The van der Waals surface area contributed by atoms with Gasteiger partial charge in [-0.15, -0.1) is 0 Å². The number of hydrogen-bond donors (Lipinski definition) is 1. The second kappa shape index (κ2) is 3.18. The van der Waals surface area contributed by atoms with Gasteiger partial charge in [-0.1, -0.05) is 0 Å². The van der Waals surface area contributed by atoms with Crippen molar-refractivity contribution in [2.45, 2.75) is 13.5 Å². The van der Waals surface area contributed by atoms with E-state index < -0.39 is 0 Å². The lowest BCUT2D eigenvalue weighted by Gasteiger charge is -1.96. The third-order valence-electron chi connectivity index (χ3n) is 1.74. The summed E-state index contributed by atoms with van der Waals surface area (Å²) in [4.78, 5) is 0. The Hall–Kier alpha value is -1.36. The highest BCUT2D eigenvalue weighted by atomic mass is 32.1. The van der Waals surface area contributed by atoms with Gasteiger partial charge in [0.05, 0.1) is 6.54 Å². The molecule has 0 fully saturated rings. The molecule has 5 heteroatoms. The smallest absolute Gasteiger partial charge is 0.195 e. The first kappa shape index (κ1) is 8.25. The minimum atomic E-state index is 0.606. The predicted octanol–water partition coefficient (Wildman–Crippen LogP) is 1.89. The minimum Gasteiger partial charge on any atom is -0.464 e. The monoisotopic (exact) mass is 195 g/mol. The van der Waals surface area contributed by atoms with E-state index in [4.69, 9.17) is 16.6 Å². The van der Waals surface area contributed by atoms with Gasteiger partial charge in [-0.25, -0.2) is 0 Å². The number of aryl methyl sites for hydroxylation is 1. The highest BCUT2D eigenvalue weighted by Crippen LogP contribution is 2.07. The number of aromatic nitrogens is 3. The van der Waals surface area contributed by atoms with Gasteiger partial charge in [0.15, 0.2) is 4.77 Å². The average Bonchev–Trinajstić information content (AvgIpc) is 2.64. The molecule has 2 heterocycles. The van der Waals surface area contributed by atoms with Crippen LogP contribution in [0.2, 0.25) is 0 Å². The van der Waals surface area contributed by atoms with Crippen LogP contribution in [-0.2, 0) is 6.54 Å². The summed E-state index contributed by atoms with van der Waals surface area (Å²) in [5, 5.41) is 6.50. The first-order valence-electron chi connectivity index (χ1n) is 3.91. The molecule has 0 aliphatic rings. The fraction of sp³-hybridized carbons (Fsp3) is 0.250. The summed E-state index contributed by atoms with van der Waals surface area (Å²) in [6.07, 6.45) is 1.65. The van der Waals surface area contributed by atoms with E-state index in [0.717, 1.165) is 11.5 Å². The fourth-order valence-corrected chi connectivity index (χ4v) is 1.29. The van der Waals surface area contributed by atoms with Crippen molar-refractivity contribution < 1.29 is 4.42 Å². The molecule has 0 aromatic carbocycles. The Bertz CT molecular complexity index is 454. The number of aromatic amines is 1. The van der Waals surface area contributed by atoms with Crippen LogP contribution < -0.4 is 0 Å². The fourth-order valence-electron chi connectivity index (χ4n) is 1.12. The highest BCUT2D eigenvalue weighted by molar-refractivity contribution is 7.71. The molecule has 0 atom stereocenters. The largest absolute Gasteiger partial charge is 0.464 e. The first-order chi connectivity index (χ1) is 6.25. The lowest BCUT2D eigenvalue weighted by molar-refractivity contribution is 0.468. The number of rotatable bonds is 2. The zero-order valence-electron chi connectivity index (χ0n) is 7.15. The summed E-state index contributed by atoms with van der Waals surface area (Å²) in [7, 11) is 0. The van der Waals surface area contributed by atoms with Gasteiger partial charge in [0, 0.05) is 0 Å². The molecule has 0 spiro atoms. The Balaban J connectivity index is 2.24. The van der Waals surface area contributed by atoms with E-state index in [1.165, 1.54) is 0 Å². The molecular formula is C8H9N3OS. The molecule has 0 bridgehead atoms. The standard InChI is InChI=1S/C8H9N3OS/c1-6-2-3-7(12-6)4-11-5-9-10-8(11)13/h2-3,5H,4H2,1H3,(H,10,13). The van der Waals surface area contributed by atoms with Crippen molar-refractivity contribution in [1.29, 1.82) is 0 Å². The summed E-state index contributed by atoms with van der Waals surface area (Å²) in [6, 6.07) is 3.86. The minimum absolute atomic E-state index is 0.606. The Morgan fingerprint density at radius 2 is 2.46 bits per heavy atom. The molecule has 0 aliphatic heterocycles. The Morgan fingerprint density at radius 3 is 3.00 bits per heavy atom. The van der Waals surface area contributed by atoms with Crippen molar-refractivity contribution in [2.24, 2.45) is 0 Å². The molecule has 2 aromatic heterocycles. The quantitative estimate of drug-likeness (QED) is 0.744. The van der Waals surface area contributed by atoms with Crippen molar-refractivity contribution in [2.75, 3.05) is 0 Å². The molecular weight excluding hydrogens is 186 g/mol. The number of nitrogens with zero attached hydrogens (tertiary/aromatic N) is 2. The molecule has 68 valence electrons. The number of nitrogens with one attached hydrogen (secondary N) is 1. The molecule has 0 saturated carbocycles. The average molecular weight is 195 g/mol. The van der Waals surface area contributed by atoms with Crippen molar-refractivity contribution >= 4 is 12.2 Å². The van der Waals surface area contributed by atoms with Gasteiger partial charge in [-0.05, 0) is 31.3 Å². The Morgan fingerprint density at radius 1 is 1.62 bits per heavy atom. The van der Waals surface area contributed by atoms with Crippen molar-refractivity contribution in [1.82, 2.24) is 14.8 Å². The lowest BCUT2D eigenvalue weighted by Crippen LogP contribution is -1.96. The number of furan rings is 1. The highest BCUT2D eigenvalue weighted by Gasteiger charge is 2.00.